The van der Waals surface area contributed by atoms with Gasteiger partial charge in [-0.2, -0.15) is 11.8 Å². The molecule has 4 aliphatic rings. The number of fused-ring (bicyclic) bond motifs is 5. The van der Waals surface area contributed by atoms with E-state index in [-0.39, 0.29) is 42.1 Å². The van der Waals surface area contributed by atoms with Gasteiger partial charge in [0.2, 0.25) is 0 Å². The third-order valence-corrected chi connectivity index (χ3v) is 10.4. The summed E-state index contributed by atoms with van der Waals surface area (Å²) in [5, 5.41) is 11.5. The lowest BCUT2D eigenvalue weighted by Gasteiger charge is -2.62. The van der Waals surface area contributed by atoms with Crippen LogP contribution in [-0.4, -0.2) is 57.9 Å². The van der Waals surface area contributed by atoms with Crippen molar-refractivity contribution in [1.29, 1.82) is 0 Å². The van der Waals surface area contributed by atoms with Crippen LogP contribution in [0.4, 0.5) is 4.39 Å². The number of esters is 1. The summed E-state index contributed by atoms with van der Waals surface area (Å²) in [6, 6.07) is 0. The Bertz CT molecular complexity index is 967. The van der Waals surface area contributed by atoms with E-state index in [0.29, 0.717) is 30.6 Å². The van der Waals surface area contributed by atoms with Gasteiger partial charge >= 0.3 is 5.97 Å². The van der Waals surface area contributed by atoms with Gasteiger partial charge in [0.1, 0.15) is 0 Å². The molecule has 0 aromatic heterocycles. The van der Waals surface area contributed by atoms with Crippen LogP contribution in [0.3, 0.4) is 0 Å². The van der Waals surface area contributed by atoms with Crippen molar-refractivity contribution in [2.45, 2.75) is 70.2 Å². The highest BCUT2D eigenvalue weighted by Crippen LogP contribution is 2.71. The SMILES string of the molecule is CSCCC(=O)O[C@]1(C(=O)CCl)[C@H](C)C[C@H]2[C@@H]3CCC4=CC(=O)C=C[C@]4(C)[C@@]3(F)[C@@H](O)C[C@@]21C. The number of rotatable bonds is 6. The summed E-state index contributed by atoms with van der Waals surface area (Å²) in [5.74, 6) is -1.98. The lowest BCUT2D eigenvalue weighted by atomic mass is 9.44. The van der Waals surface area contributed by atoms with Gasteiger partial charge in [-0.15, -0.1) is 11.6 Å². The molecular formula is C26H34ClFO5S. The summed E-state index contributed by atoms with van der Waals surface area (Å²) in [6.07, 6.45) is 6.62. The summed E-state index contributed by atoms with van der Waals surface area (Å²) in [5.41, 5.74) is -4.86. The summed E-state index contributed by atoms with van der Waals surface area (Å²) in [6.45, 7) is 5.50. The molecule has 4 aliphatic carbocycles. The van der Waals surface area contributed by atoms with Crippen molar-refractivity contribution in [3.8, 4) is 0 Å². The molecule has 188 valence electrons. The first-order chi connectivity index (χ1) is 15.9. The largest absolute Gasteiger partial charge is 0.450 e. The van der Waals surface area contributed by atoms with E-state index >= 15 is 4.39 Å². The fourth-order valence-electron chi connectivity index (χ4n) is 7.91. The van der Waals surface area contributed by atoms with Crippen LogP contribution in [0.25, 0.3) is 0 Å². The van der Waals surface area contributed by atoms with Gasteiger partial charge in [-0.3, -0.25) is 14.4 Å². The molecule has 34 heavy (non-hydrogen) atoms. The Balaban J connectivity index is 1.80. The van der Waals surface area contributed by atoms with Gasteiger partial charge in [-0.05, 0) is 56.9 Å². The zero-order chi connectivity index (χ0) is 25.1. The Hall–Kier alpha value is -1.18. The minimum Gasteiger partial charge on any atom is -0.450 e. The minimum atomic E-state index is -2.00. The molecule has 0 aromatic carbocycles. The lowest BCUT2D eigenvalue weighted by Crippen LogP contribution is -2.70. The molecule has 0 heterocycles. The number of Topliss-reactive ketones (excluding diaryl/α,β-unsaturated/α-hetero) is 1. The maximum atomic E-state index is 17.3. The van der Waals surface area contributed by atoms with Crippen LogP contribution in [0.5, 0.6) is 0 Å². The third kappa shape index (κ3) is 3.25. The molecule has 3 saturated carbocycles. The van der Waals surface area contributed by atoms with Crippen molar-refractivity contribution in [2.75, 3.05) is 17.9 Å². The van der Waals surface area contributed by atoms with E-state index in [1.54, 1.807) is 13.0 Å². The number of aliphatic hydroxyl groups excluding tert-OH is 1. The second kappa shape index (κ2) is 8.74. The Morgan fingerprint density at radius 1 is 1.32 bits per heavy atom. The van der Waals surface area contributed by atoms with Crippen molar-refractivity contribution in [2.24, 2.45) is 28.6 Å². The molecule has 1 N–H and O–H groups in total. The number of carbonyl (C=O) groups excluding carboxylic acids is 3. The third-order valence-electron chi connectivity index (χ3n) is 9.50. The summed E-state index contributed by atoms with van der Waals surface area (Å²) < 4.78 is 23.3. The second-order valence-corrected chi connectivity index (χ2v) is 12.2. The van der Waals surface area contributed by atoms with Gasteiger partial charge in [0, 0.05) is 28.4 Å². The Morgan fingerprint density at radius 2 is 2.03 bits per heavy atom. The number of aliphatic hydroxyl groups is 1. The summed E-state index contributed by atoms with van der Waals surface area (Å²) in [7, 11) is 0. The van der Waals surface area contributed by atoms with Crippen LogP contribution in [0.15, 0.2) is 23.8 Å². The fraction of sp³-hybridized carbons (Fsp3) is 0.731. The maximum Gasteiger partial charge on any atom is 0.307 e. The number of ether oxygens (including phenoxy) is 1. The van der Waals surface area contributed by atoms with Crippen LogP contribution in [0, 0.1) is 28.6 Å². The highest BCUT2D eigenvalue weighted by Gasteiger charge is 2.77. The number of alkyl halides is 2. The van der Waals surface area contributed by atoms with E-state index in [9.17, 15) is 19.5 Å². The zero-order valence-corrected chi connectivity index (χ0v) is 21.8. The molecule has 0 bridgehead atoms. The number of thioether (sulfide) groups is 1. The average Bonchev–Trinajstić information content (AvgIpc) is 3.00. The Labute approximate surface area is 209 Å². The monoisotopic (exact) mass is 512 g/mol. The molecule has 0 aliphatic heterocycles. The topological polar surface area (TPSA) is 80.7 Å². The van der Waals surface area contributed by atoms with Crippen LogP contribution in [0.1, 0.15) is 52.9 Å². The van der Waals surface area contributed by atoms with Crippen molar-refractivity contribution in [1.82, 2.24) is 0 Å². The number of hydrogen-bond donors (Lipinski definition) is 1. The molecule has 0 aromatic rings. The lowest BCUT2D eigenvalue weighted by molar-refractivity contribution is -0.226. The van der Waals surface area contributed by atoms with Crippen molar-refractivity contribution in [3.63, 3.8) is 0 Å². The first-order valence-electron chi connectivity index (χ1n) is 12.0. The molecule has 8 atom stereocenters. The number of allylic oxidation sites excluding steroid dienone is 4. The van der Waals surface area contributed by atoms with Crippen molar-refractivity contribution < 1.29 is 28.6 Å². The molecule has 0 radical (unpaired) electrons. The number of hydrogen-bond acceptors (Lipinski definition) is 6. The molecule has 0 unspecified atom stereocenters. The van der Waals surface area contributed by atoms with E-state index in [1.165, 1.54) is 23.9 Å². The van der Waals surface area contributed by atoms with Gasteiger partial charge in [-0.25, -0.2) is 4.39 Å². The van der Waals surface area contributed by atoms with Gasteiger partial charge < -0.3 is 9.84 Å². The van der Waals surface area contributed by atoms with E-state index < -0.39 is 40.1 Å². The highest BCUT2D eigenvalue weighted by atomic mass is 35.5. The second-order valence-electron chi connectivity index (χ2n) is 10.9. The maximum absolute atomic E-state index is 17.3. The van der Waals surface area contributed by atoms with Crippen molar-refractivity contribution in [3.05, 3.63) is 23.8 Å². The number of ketones is 2. The van der Waals surface area contributed by atoms with E-state index in [2.05, 4.69) is 0 Å². The van der Waals surface area contributed by atoms with Crippen LogP contribution in [0.2, 0.25) is 0 Å². The molecule has 0 spiro atoms. The average molecular weight is 513 g/mol. The van der Waals surface area contributed by atoms with E-state index in [4.69, 9.17) is 16.3 Å². The van der Waals surface area contributed by atoms with Crippen molar-refractivity contribution >= 4 is 40.9 Å². The number of carbonyl (C=O) groups is 3. The molecular weight excluding hydrogens is 479 g/mol. The smallest absolute Gasteiger partial charge is 0.307 e. The summed E-state index contributed by atoms with van der Waals surface area (Å²) in [4.78, 5) is 38.3. The molecule has 0 saturated heterocycles. The highest BCUT2D eigenvalue weighted by molar-refractivity contribution is 7.98. The van der Waals surface area contributed by atoms with Crippen LogP contribution >= 0.6 is 23.4 Å². The molecule has 4 rings (SSSR count). The summed E-state index contributed by atoms with van der Waals surface area (Å²) >= 11 is 7.58. The quantitative estimate of drug-likeness (QED) is 0.418. The first kappa shape index (κ1) is 25.9. The minimum absolute atomic E-state index is 0.0297. The Morgan fingerprint density at radius 3 is 2.68 bits per heavy atom. The van der Waals surface area contributed by atoms with Gasteiger partial charge in [0.15, 0.2) is 22.8 Å². The van der Waals surface area contributed by atoms with E-state index in [0.717, 1.165) is 0 Å². The predicted octanol–water partition coefficient (Wildman–Crippen LogP) is 4.45. The van der Waals surface area contributed by atoms with Crippen LogP contribution in [-0.2, 0) is 19.1 Å². The predicted molar refractivity (Wildman–Crippen MR) is 130 cm³/mol. The van der Waals surface area contributed by atoms with Crippen LogP contribution < -0.4 is 0 Å². The first-order valence-corrected chi connectivity index (χ1v) is 14.0. The number of halogens is 2. The zero-order valence-electron chi connectivity index (χ0n) is 20.2. The molecule has 0 amide bonds. The van der Waals surface area contributed by atoms with Gasteiger partial charge in [-0.1, -0.05) is 25.5 Å². The van der Waals surface area contributed by atoms with E-state index in [1.807, 2.05) is 20.1 Å². The fourth-order valence-corrected chi connectivity index (χ4v) is 8.48. The molecule has 8 heteroatoms. The molecule has 5 nitrogen and oxygen atoms in total. The normalized spacial score (nSPS) is 45.1. The van der Waals surface area contributed by atoms with Gasteiger partial charge in [0.05, 0.1) is 18.4 Å². The standard InChI is InChI=1S/C26H34ClFO5S/c1-15-11-19-18-6-5-16-12-17(29)7-9-23(16,2)25(18,28)20(30)13-24(19,3)26(15,21(31)14-27)33-22(32)8-10-34-4/h7,9,12,15,18-20,30H,5-6,8,10-11,13-14H2,1-4H3/t15-,18+,19+,20+,23+,24+,25+,26+/m1/s1. The molecule has 3 fully saturated rings. The van der Waals surface area contributed by atoms with Gasteiger partial charge in [0.25, 0.3) is 0 Å². The Kier molecular flexibility index (Phi) is 6.65.